The van der Waals surface area contributed by atoms with Crippen LogP contribution in [-0.4, -0.2) is 12.0 Å². The van der Waals surface area contributed by atoms with E-state index in [2.05, 4.69) is 26.2 Å². The van der Waals surface area contributed by atoms with Gasteiger partial charge in [0.15, 0.2) is 0 Å². The van der Waals surface area contributed by atoms with E-state index in [0.717, 1.165) is 22.1 Å². The SMILES string of the molecule is CNCc1ccc(OCc2cccc(Br)c2)nc1. The van der Waals surface area contributed by atoms with Crippen molar-refractivity contribution in [3.8, 4) is 5.88 Å². The van der Waals surface area contributed by atoms with Crippen molar-refractivity contribution in [2.75, 3.05) is 7.05 Å². The van der Waals surface area contributed by atoms with Crippen LogP contribution < -0.4 is 10.1 Å². The number of nitrogens with one attached hydrogen (secondary N) is 1. The molecule has 0 unspecified atom stereocenters. The fourth-order valence-corrected chi connectivity index (χ4v) is 2.04. The standard InChI is InChI=1S/C14H15BrN2O/c1-16-8-12-5-6-14(17-9-12)18-10-11-3-2-4-13(15)7-11/h2-7,9,16H,8,10H2,1H3. The van der Waals surface area contributed by atoms with Crippen molar-refractivity contribution in [3.05, 3.63) is 58.2 Å². The van der Waals surface area contributed by atoms with Crippen molar-refractivity contribution in [2.45, 2.75) is 13.2 Å². The third-order valence-corrected chi connectivity index (χ3v) is 2.95. The van der Waals surface area contributed by atoms with E-state index in [0.29, 0.717) is 12.5 Å². The lowest BCUT2D eigenvalue weighted by Gasteiger charge is -2.06. The van der Waals surface area contributed by atoms with Gasteiger partial charge in [0.25, 0.3) is 0 Å². The van der Waals surface area contributed by atoms with Crippen LogP contribution in [0.15, 0.2) is 47.1 Å². The van der Waals surface area contributed by atoms with Crippen molar-refractivity contribution >= 4 is 15.9 Å². The molecule has 0 aliphatic rings. The molecule has 1 aromatic heterocycles. The largest absolute Gasteiger partial charge is 0.473 e. The highest BCUT2D eigenvalue weighted by atomic mass is 79.9. The minimum atomic E-state index is 0.526. The highest BCUT2D eigenvalue weighted by Crippen LogP contribution is 2.14. The third kappa shape index (κ3) is 3.82. The van der Waals surface area contributed by atoms with E-state index in [4.69, 9.17) is 4.74 Å². The zero-order chi connectivity index (χ0) is 12.8. The molecule has 0 saturated carbocycles. The first-order chi connectivity index (χ1) is 8.78. The van der Waals surface area contributed by atoms with E-state index in [1.807, 2.05) is 49.6 Å². The van der Waals surface area contributed by atoms with Gasteiger partial charge in [-0.2, -0.15) is 0 Å². The van der Waals surface area contributed by atoms with Gasteiger partial charge in [0, 0.05) is 23.3 Å². The van der Waals surface area contributed by atoms with E-state index in [9.17, 15) is 0 Å². The van der Waals surface area contributed by atoms with Crippen LogP contribution in [0.1, 0.15) is 11.1 Å². The molecule has 2 rings (SSSR count). The van der Waals surface area contributed by atoms with Gasteiger partial charge in [-0.25, -0.2) is 4.98 Å². The Morgan fingerprint density at radius 3 is 2.78 bits per heavy atom. The Bertz CT molecular complexity index is 499. The maximum atomic E-state index is 5.63. The van der Waals surface area contributed by atoms with Crippen molar-refractivity contribution in [3.63, 3.8) is 0 Å². The molecule has 0 saturated heterocycles. The average Bonchev–Trinajstić information content (AvgIpc) is 2.38. The molecule has 0 aliphatic carbocycles. The Labute approximate surface area is 115 Å². The first-order valence-corrected chi connectivity index (χ1v) is 6.54. The number of aromatic nitrogens is 1. The molecule has 3 nitrogen and oxygen atoms in total. The number of hydrogen-bond acceptors (Lipinski definition) is 3. The molecule has 0 amide bonds. The highest BCUT2D eigenvalue weighted by Gasteiger charge is 1.98. The van der Waals surface area contributed by atoms with E-state index < -0.39 is 0 Å². The summed E-state index contributed by atoms with van der Waals surface area (Å²) >= 11 is 3.44. The van der Waals surface area contributed by atoms with Crippen LogP contribution in [0.5, 0.6) is 5.88 Å². The number of ether oxygens (including phenoxy) is 1. The number of pyridine rings is 1. The van der Waals surface area contributed by atoms with Gasteiger partial charge in [0.1, 0.15) is 6.61 Å². The summed E-state index contributed by atoms with van der Waals surface area (Å²) in [5.74, 6) is 0.648. The van der Waals surface area contributed by atoms with E-state index in [1.54, 1.807) is 0 Å². The summed E-state index contributed by atoms with van der Waals surface area (Å²) < 4.78 is 6.68. The molecule has 18 heavy (non-hydrogen) atoms. The lowest BCUT2D eigenvalue weighted by molar-refractivity contribution is 0.293. The Kier molecular flexibility index (Phi) is 4.73. The lowest BCUT2D eigenvalue weighted by Crippen LogP contribution is -2.05. The van der Waals surface area contributed by atoms with Crippen LogP contribution in [0, 0.1) is 0 Å². The molecule has 94 valence electrons. The Morgan fingerprint density at radius 1 is 1.22 bits per heavy atom. The fraction of sp³-hybridized carbons (Fsp3) is 0.214. The van der Waals surface area contributed by atoms with Gasteiger partial charge in [-0.3, -0.25) is 0 Å². The summed E-state index contributed by atoms with van der Waals surface area (Å²) in [7, 11) is 1.91. The second-order valence-electron chi connectivity index (χ2n) is 3.95. The number of rotatable bonds is 5. The van der Waals surface area contributed by atoms with Crippen LogP contribution in [0.2, 0.25) is 0 Å². The van der Waals surface area contributed by atoms with Crippen LogP contribution in [-0.2, 0) is 13.2 Å². The third-order valence-electron chi connectivity index (χ3n) is 2.45. The molecule has 0 radical (unpaired) electrons. The maximum absolute atomic E-state index is 5.63. The number of hydrogen-bond donors (Lipinski definition) is 1. The fourth-order valence-electron chi connectivity index (χ4n) is 1.59. The molecule has 0 spiro atoms. The average molecular weight is 307 g/mol. The number of benzene rings is 1. The molecule has 1 heterocycles. The van der Waals surface area contributed by atoms with Crippen molar-refractivity contribution in [1.82, 2.24) is 10.3 Å². The maximum Gasteiger partial charge on any atom is 0.213 e. The molecule has 0 aliphatic heterocycles. The van der Waals surface area contributed by atoms with Gasteiger partial charge in [-0.05, 0) is 30.3 Å². The molecule has 2 aromatic rings. The van der Waals surface area contributed by atoms with Gasteiger partial charge in [-0.15, -0.1) is 0 Å². The molecule has 0 atom stereocenters. The molecule has 1 aromatic carbocycles. The van der Waals surface area contributed by atoms with Crippen LogP contribution in [0.4, 0.5) is 0 Å². The Balaban J connectivity index is 1.93. The smallest absolute Gasteiger partial charge is 0.213 e. The lowest BCUT2D eigenvalue weighted by atomic mass is 10.2. The molecule has 0 bridgehead atoms. The van der Waals surface area contributed by atoms with E-state index >= 15 is 0 Å². The van der Waals surface area contributed by atoms with Crippen LogP contribution >= 0.6 is 15.9 Å². The molecule has 0 fully saturated rings. The van der Waals surface area contributed by atoms with Crippen LogP contribution in [0.3, 0.4) is 0 Å². The summed E-state index contributed by atoms with van der Waals surface area (Å²) in [6, 6.07) is 12.0. The van der Waals surface area contributed by atoms with Gasteiger partial charge in [0.05, 0.1) is 0 Å². The molecular formula is C14H15BrN2O. The van der Waals surface area contributed by atoms with Crippen molar-refractivity contribution in [2.24, 2.45) is 0 Å². The molecule has 1 N–H and O–H groups in total. The highest BCUT2D eigenvalue weighted by molar-refractivity contribution is 9.10. The molecule has 4 heteroatoms. The quantitative estimate of drug-likeness (QED) is 0.921. The first-order valence-electron chi connectivity index (χ1n) is 5.74. The van der Waals surface area contributed by atoms with Gasteiger partial charge in [-0.1, -0.05) is 34.1 Å². The van der Waals surface area contributed by atoms with Crippen molar-refractivity contribution < 1.29 is 4.74 Å². The summed E-state index contributed by atoms with van der Waals surface area (Å²) in [6.07, 6.45) is 1.83. The normalized spacial score (nSPS) is 10.3. The zero-order valence-electron chi connectivity index (χ0n) is 10.2. The monoisotopic (exact) mass is 306 g/mol. The topological polar surface area (TPSA) is 34.1 Å². The minimum Gasteiger partial charge on any atom is -0.473 e. The number of halogens is 1. The summed E-state index contributed by atoms with van der Waals surface area (Å²) in [5.41, 5.74) is 2.26. The Morgan fingerprint density at radius 2 is 2.11 bits per heavy atom. The summed E-state index contributed by atoms with van der Waals surface area (Å²) in [4.78, 5) is 4.26. The minimum absolute atomic E-state index is 0.526. The van der Waals surface area contributed by atoms with E-state index in [1.165, 1.54) is 0 Å². The predicted molar refractivity (Wildman–Crippen MR) is 75.5 cm³/mol. The molecular weight excluding hydrogens is 292 g/mol. The van der Waals surface area contributed by atoms with Gasteiger partial charge < -0.3 is 10.1 Å². The Hall–Kier alpha value is -1.39. The van der Waals surface area contributed by atoms with Crippen LogP contribution in [0.25, 0.3) is 0 Å². The van der Waals surface area contributed by atoms with E-state index in [-0.39, 0.29) is 0 Å². The summed E-state index contributed by atoms with van der Waals surface area (Å²) in [5, 5.41) is 3.08. The number of nitrogens with zero attached hydrogens (tertiary/aromatic N) is 1. The second kappa shape index (κ2) is 6.52. The van der Waals surface area contributed by atoms with Gasteiger partial charge in [0.2, 0.25) is 5.88 Å². The predicted octanol–water partition coefficient (Wildman–Crippen LogP) is 3.14. The first kappa shape index (κ1) is 13.1. The van der Waals surface area contributed by atoms with Crippen molar-refractivity contribution in [1.29, 1.82) is 0 Å². The zero-order valence-corrected chi connectivity index (χ0v) is 11.8. The summed E-state index contributed by atoms with van der Waals surface area (Å²) in [6.45, 7) is 1.34. The van der Waals surface area contributed by atoms with Gasteiger partial charge >= 0.3 is 0 Å². The second-order valence-corrected chi connectivity index (χ2v) is 4.87.